The molecule has 0 aliphatic heterocycles. The number of carbonyl (C=O) groups is 1. The molecule has 6 heteroatoms. The lowest BCUT2D eigenvalue weighted by Crippen LogP contribution is -1.91. The molecule has 0 aliphatic rings. The Kier molecular flexibility index (Phi) is 2.66. The molecule has 88 valence electrons. The Bertz CT molecular complexity index is 716. The first-order chi connectivity index (χ1) is 8.56. The molecule has 0 heterocycles. The van der Waals surface area contributed by atoms with Crippen molar-refractivity contribution in [2.75, 3.05) is 0 Å². The molecule has 0 atom stereocenters. The summed E-state index contributed by atoms with van der Waals surface area (Å²) in [5, 5.41) is 29.7. The van der Waals surface area contributed by atoms with Crippen LogP contribution in [-0.2, 0) is 0 Å². The van der Waals surface area contributed by atoms with Crippen molar-refractivity contribution in [2.45, 2.75) is 0 Å². The monoisotopic (exact) mass is 242 g/mol. The number of hydrogen-bond donors (Lipinski definition) is 1. The lowest BCUT2D eigenvalue weighted by Gasteiger charge is -2.04. The second-order valence-electron chi connectivity index (χ2n) is 3.62. The molecule has 0 aromatic heterocycles. The molecule has 2 aromatic rings. The summed E-state index contributed by atoms with van der Waals surface area (Å²) in [4.78, 5) is 20.9. The van der Waals surface area contributed by atoms with Crippen molar-refractivity contribution in [3.05, 3.63) is 45.5 Å². The van der Waals surface area contributed by atoms with E-state index >= 15 is 0 Å². The van der Waals surface area contributed by atoms with Gasteiger partial charge in [-0.2, -0.15) is 5.26 Å². The predicted octanol–water partition coefficient (Wildman–Crippen LogP) is 2.14. The molecule has 18 heavy (non-hydrogen) atoms. The van der Waals surface area contributed by atoms with Gasteiger partial charge in [0.2, 0.25) is 0 Å². The van der Waals surface area contributed by atoms with Gasteiger partial charge in [-0.05, 0) is 17.5 Å². The van der Waals surface area contributed by atoms with Crippen LogP contribution < -0.4 is 0 Å². The molecule has 0 aliphatic carbocycles. The van der Waals surface area contributed by atoms with Crippen LogP contribution in [0.2, 0.25) is 0 Å². The Morgan fingerprint density at radius 1 is 1.33 bits per heavy atom. The van der Waals surface area contributed by atoms with Crippen LogP contribution in [0.5, 0.6) is 5.75 Å². The molecule has 0 radical (unpaired) electrons. The predicted molar refractivity (Wildman–Crippen MR) is 62.4 cm³/mol. The average molecular weight is 242 g/mol. The van der Waals surface area contributed by atoms with Crippen LogP contribution in [0.1, 0.15) is 15.9 Å². The summed E-state index contributed by atoms with van der Waals surface area (Å²) in [5.74, 6) is -0.356. The number of fused-ring (bicyclic) bond motifs is 1. The number of non-ortho nitro benzene ring substituents is 1. The van der Waals surface area contributed by atoms with Gasteiger partial charge in [-0.25, -0.2) is 0 Å². The van der Waals surface area contributed by atoms with E-state index in [1.807, 2.05) is 6.07 Å². The number of nitro benzene ring substituents is 1. The first kappa shape index (κ1) is 11.5. The summed E-state index contributed by atoms with van der Waals surface area (Å²) in [7, 11) is 0. The Morgan fingerprint density at radius 2 is 2.06 bits per heavy atom. The van der Waals surface area contributed by atoms with Crippen LogP contribution in [0, 0.1) is 21.4 Å². The highest BCUT2D eigenvalue weighted by atomic mass is 16.6. The summed E-state index contributed by atoms with van der Waals surface area (Å²) in [6, 6.07) is 6.74. The molecule has 0 amide bonds. The summed E-state index contributed by atoms with van der Waals surface area (Å²) in [6.45, 7) is 0. The smallest absolute Gasteiger partial charge is 0.273 e. The molecule has 0 fully saturated rings. The van der Waals surface area contributed by atoms with Crippen LogP contribution in [0.25, 0.3) is 10.8 Å². The normalized spacial score (nSPS) is 9.94. The third kappa shape index (κ3) is 1.74. The molecule has 0 unspecified atom stereocenters. The Balaban J connectivity index is 2.92. The molecule has 2 aromatic carbocycles. The number of rotatable bonds is 2. The average Bonchev–Trinajstić information content (AvgIpc) is 2.36. The highest BCUT2D eigenvalue weighted by molar-refractivity contribution is 6.03. The van der Waals surface area contributed by atoms with E-state index in [1.165, 1.54) is 18.2 Å². The van der Waals surface area contributed by atoms with Gasteiger partial charge in [0.1, 0.15) is 5.75 Å². The number of nitrogens with zero attached hydrogens (tertiary/aromatic N) is 2. The zero-order valence-electron chi connectivity index (χ0n) is 8.95. The van der Waals surface area contributed by atoms with Crippen molar-refractivity contribution in [2.24, 2.45) is 0 Å². The zero-order valence-corrected chi connectivity index (χ0v) is 8.95. The number of nitriles is 1. The number of aromatic hydroxyl groups is 1. The molecule has 2 rings (SSSR count). The van der Waals surface area contributed by atoms with Crippen LogP contribution in [0.4, 0.5) is 5.69 Å². The number of phenolic OH excluding ortho intramolecular Hbond substituents is 1. The van der Waals surface area contributed by atoms with Gasteiger partial charge in [-0.15, -0.1) is 0 Å². The third-order valence-electron chi connectivity index (χ3n) is 2.51. The van der Waals surface area contributed by atoms with Crippen molar-refractivity contribution in [3.8, 4) is 11.8 Å². The number of phenols is 1. The van der Waals surface area contributed by atoms with Crippen molar-refractivity contribution in [1.29, 1.82) is 5.26 Å². The maximum absolute atomic E-state index is 10.9. The lowest BCUT2D eigenvalue weighted by atomic mass is 10.0. The fourth-order valence-corrected chi connectivity index (χ4v) is 1.77. The van der Waals surface area contributed by atoms with Gasteiger partial charge in [-0.1, -0.05) is 0 Å². The number of aldehydes is 1. The first-order valence-electron chi connectivity index (χ1n) is 4.87. The largest absolute Gasteiger partial charge is 0.507 e. The van der Waals surface area contributed by atoms with Crippen molar-refractivity contribution in [3.63, 3.8) is 0 Å². The third-order valence-corrected chi connectivity index (χ3v) is 2.51. The van der Waals surface area contributed by atoms with E-state index in [4.69, 9.17) is 5.26 Å². The Hall–Kier alpha value is -2.94. The van der Waals surface area contributed by atoms with Crippen molar-refractivity contribution < 1.29 is 14.8 Å². The number of benzene rings is 2. The van der Waals surface area contributed by atoms with E-state index in [2.05, 4.69) is 0 Å². The van der Waals surface area contributed by atoms with Gasteiger partial charge in [0.25, 0.3) is 5.69 Å². The number of carbonyl (C=O) groups excluding carboxylic acids is 1. The van der Waals surface area contributed by atoms with E-state index in [-0.39, 0.29) is 33.3 Å². The number of nitro groups is 1. The second-order valence-corrected chi connectivity index (χ2v) is 3.62. The lowest BCUT2D eigenvalue weighted by molar-refractivity contribution is -0.384. The molecule has 0 spiro atoms. The van der Waals surface area contributed by atoms with Gasteiger partial charge < -0.3 is 5.11 Å². The number of hydrogen-bond acceptors (Lipinski definition) is 5. The van der Waals surface area contributed by atoms with Crippen molar-refractivity contribution >= 4 is 22.7 Å². The maximum Gasteiger partial charge on any atom is 0.273 e. The van der Waals surface area contributed by atoms with E-state index in [1.54, 1.807) is 0 Å². The molecule has 0 saturated carbocycles. The molecule has 1 N–H and O–H groups in total. The highest BCUT2D eigenvalue weighted by Crippen LogP contribution is 2.33. The van der Waals surface area contributed by atoms with E-state index in [0.29, 0.717) is 6.29 Å². The van der Waals surface area contributed by atoms with Crippen molar-refractivity contribution in [1.82, 2.24) is 0 Å². The topological polar surface area (TPSA) is 104 Å². The molecule has 0 saturated heterocycles. The minimum Gasteiger partial charge on any atom is -0.507 e. The fraction of sp³-hybridized carbons (Fsp3) is 0. The standard InChI is InChI=1S/C12H6N2O4/c13-5-7-1-8-3-10(14(17)18)4-11(16)12(8)9(2-7)6-15/h1-4,6,16H. The van der Waals surface area contributed by atoms with Crippen LogP contribution in [-0.4, -0.2) is 16.3 Å². The van der Waals surface area contributed by atoms with Gasteiger partial charge in [0.05, 0.1) is 22.6 Å². The summed E-state index contributed by atoms with van der Waals surface area (Å²) in [6.07, 6.45) is 0.495. The van der Waals surface area contributed by atoms with E-state index in [9.17, 15) is 20.0 Å². The minimum absolute atomic E-state index is 0.122. The highest BCUT2D eigenvalue weighted by Gasteiger charge is 2.14. The zero-order chi connectivity index (χ0) is 13.3. The second kappa shape index (κ2) is 4.14. The van der Waals surface area contributed by atoms with E-state index in [0.717, 1.165) is 6.07 Å². The molecule has 0 bridgehead atoms. The first-order valence-corrected chi connectivity index (χ1v) is 4.87. The Morgan fingerprint density at radius 3 is 2.61 bits per heavy atom. The van der Waals surface area contributed by atoms with Gasteiger partial charge >= 0.3 is 0 Å². The molecular formula is C12H6N2O4. The maximum atomic E-state index is 10.9. The minimum atomic E-state index is -0.654. The fourth-order valence-electron chi connectivity index (χ4n) is 1.77. The molecular weight excluding hydrogens is 236 g/mol. The summed E-state index contributed by atoms with van der Waals surface area (Å²) in [5.41, 5.74) is 0.0212. The van der Waals surface area contributed by atoms with Gasteiger partial charge in [0.15, 0.2) is 6.29 Å². The van der Waals surface area contributed by atoms with Gasteiger partial charge in [0, 0.05) is 17.0 Å². The van der Waals surface area contributed by atoms with Crippen LogP contribution in [0.3, 0.4) is 0 Å². The Labute approximate surface area is 101 Å². The summed E-state index contributed by atoms with van der Waals surface area (Å²) >= 11 is 0. The molecule has 6 nitrogen and oxygen atoms in total. The van der Waals surface area contributed by atoms with Crippen LogP contribution in [0.15, 0.2) is 24.3 Å². The van der Waals surface area contributed by atoms with E-state index < -0.39 is 4.92 Å². The summed E-state index contributed by atoms with van der Waals surface area (Å²) < 4.78 is 0. The van der Waals surface area contributed by atoms with Gasteiger partial charge in [-0.3, -0.25) is 14.9 Å². The quantitative estimate of drug-likeness (QED) is 0.493. The SMILES string of the molecule is N#Cc1cc(C=O)c2c(O)cc([N+](=O)[O-])cc2c1. The van der Waals surface area contributed by atoms with Crippen LogP contribution >= 0.6 is 0 Å².